The molecule has 1 saturated heterocycles. The summed E-state index contributed by atoms with van der Waals surface area (Å²) in [5.74, 6) is 0.815. The molecule has 0 bridgehead atoms. The summed E-state index contributed by atoms with van der Waals surface area (Å²) in [5, 5.41) is 0. The fourth-order valence-electron chi connectivity index (χ4n) is 3.67. The number of likely N-dealkylation sites (tertiary alicyclic amines) is 1. The lowest BCUT2D eigenvalue weighted by atomic mass is 9.88. The highest BCUT2D eigenvalue weighted by Gasteiger charge is 2.28. The van der Waals surface area contributed by atoms with Gasteiger partial charge in [-0.2, -0.15) is 0 Å². The Hall–Kier alpha value is -2.33. The number of Topliss-reactive ketones (excluding diaryl/α,β-unsaturated/α-hetero) is 1. The van der Waals surface area contributed by atoms with Gasteiger partial charge in [0, 0.05) is 35.8 Å². The third kappa shape index (κ3) is 5.35. The van der Waals surface area contributed by atoms with E-state index in [4.69, 9.17) is 5.73 Å². The quantitative estimate of drug-likeness (QED) is 0.588. The Morgan fingerprint density at radius 1 is 0.964 bits per heavy atom. The number of benzene rings is 2. The van der Waals surface area contributed by atoms with Crippen molar-refractivity contribution in [2.75, 3.05) is 18.8 Å². The summed E-state index contributed by atoms with van der Waals surface area (Å²) in [6.07, 6.45) is 2.46. The normalized spacial score (nSPS) is 14.6. The van der Waals surface area contributed by atoms with E-state index in [0.29, 0.717) is 43.1 Å². The number of ketones is 1. The zero-order valence-electron chi connectivity index (χ0n) is 16.6. The fourth-order valence-corrected chi connectivity index (χ4v) is 3.67. The topological polar surface area (TPSA) is 63.4 Å². The third-order valence-corrected chi connectivity index (χ3v) is 5.19. The zero-order chi connectivity index (χ0) is 19.4. The lowest BCUT2D eigenvalue weighted by Crippen LogP contribution is -2.40. The second-order valence-electron chi connectivity index (χ2n) is 7.85. The highest BCUT2D eigenvalue weighted by Crippen LogP contribution is 2.24. The van der Waals surface area contributed by atoms with E-state index in [1.165, 1.54) is 5.56 Å². The zero-order valence-corrected chi connectivity index (χ0v) is 17.4. The predicted octanol–water partition coefficient (Wildman–Crippen LogP) is 4.62. The molecule has 0 radical (unpaired) electrons. The van der Waals surface area contributed by atoms with Gasteiger partial charge in [0.2, 0.25) is 0 Å². The van der Waals surface area contributed by atoms with Crippen molar-refractivity contribution in [2.24, 2.45) is 11.8 Å². The van der Waals surface area contributed by atoms with Crippen LogP contribution >= 0.6 is 12.4 Å². The summed E-state index contributed by atoms with van der Waals surface area (Å²) in [5.41, 5.74) is 9.03. The van der Waals surface area contributed by atoms with Gasteiger partial charge < -0.3 is 10.6 Å². The molecule has 0 aromatic heterocycles. The molecule has 0 spiro atoms. The van der Waals surface area contributed by atoms with Crippen LogP contribution in [0.1, 0.15) is 53.0 Å². The van der Waals surface area contributed by atoms with Crippen LogP contribution in [0.15, 0.2) is 48.5 Å². The van der Waals surface area contributed by atoms with Crippen molar-refractivity contribution in [3.05, 3.63) is 65.2 Å². The van der Waals surface area contributed by atoms with Gasteiger partial charge in [0.15, 0.2) is 5.78 Å². The van der Waals surface area contributed by atoms with Crippen molar-refractivity contribution in [1.29, 1.82) is 0 Å². The minimum Gasteiger partial charge on any atom is -0.399 e. The van der Waals surface area contributed by atoms with Crippen LogP contribution in [0.5, 0.6) is 0 Å². The van der Waals surface area contributed by atoms with E-state index in [9.17, 15) is 9.59 Å². The van der Waals surface area contributed by atoms with E-state index in [1.54, 1.807) is 24.3 Å². The predicted molar refractivity (Wildman–Crippen MR) is 116 cm³/mol. The summed E-state index contributed by atoms with van der Waals surface area (Å²) in [4.78, 5) is 27.2. The number of carbonyl (C=O) groups excluding carboxylic acids is 2. The highest BCUT2D eigenvalue weighted by atomic mass is 35.5. The number of nitrogen functional groups attached to an aromatic ring is 1. The van der Waals surface area contributed by atoms with E-state index in [2.05, 4.69) is 26.0 Å². The molecule has 1 aliphatic heterocycles. The molecule has 28 heavy (non-hydrogen) atoms. The van der Waals surface area contributed by atoms with E-state index >= 15 is 0 Å². The lowest BCUT2D eigenvalue weighted by molar-refractivity contribution is 0.0650. The van der Waals surface area contributed by atoms with Gasteiger partial charge in [-0.05, 0) is 55.0 Å². The largest absolute Gasteiger partial charge is 0.399 e. The minimum atomic E-state index is -0.00332. The molecule has 150 valence electrons. The van der Waals surface area contributed by atoms with Gasteiger partial charge in [-0.3, -0.25) is 9.59 Å². The van der Waals surface area contributed by atoms with Gasteiger partial charge in [0.1, 0.15) is 0 Å². The summed E-state index contributed by atoms with van der Waals surface area (Å²) in [7, 11) is 0. The summed E-state index contributed by atoms with van der Waals surface area (Å²) in [6, 6.07) is 15.0. The Morgan fingerprint density at radius 3 is 2.04 bits per heavy atom. The third-order valence-electron chi connectivity index (χ3n) is 5.19. The first-order valence-corrected chi connectivity index (χ1v) is 9.72. The molecular formula is C23H29ClN2O2. The Labute approximate surface area is 173 Å². The number of nitrogens with zero attached hydrogens (tertiary/aromatic N) is 1. The average molecular weight is 401 g/mol. The molecule has 2 aromatic rings. The summed E-state index contributed by atoms with van der Waals surface area (Å²) >= 11 is 0. The molecule has 0 unspecified atom stereocenters. The maximum Gasteiger partial charge on any atom is 0.253 e. The van der Waals surface area contributed by atoms with Crippen LogP contribution in [0, 0.1) is 11.8 Å². The Balaban J connectivity index is 0.00000280. The number of piperidine rings is 1. The first-order chi connectivity index (χ1) is 12.9. The number of amides is 1. The minimum absolute atomic E-state index is 0. The van der Waals surface area contributed by atoms with Crippen molar-refractivity contribution in [1.82, 2.24) is 4.90 Å². The maximum absolute atomic E-state index is 12.8. The molecule has 4 nitrogen and oxygen atoms in total. The van der Waals surface area contributed by atoms with Crippen LogP contribution in [-0.2, 0) is 6.42 Å². The van der Waals surface area contributed by atoms with Crippen LogP contribution < -0.4 is 5.73 Å². The molecule has 0 atom stereocenters. The van der Waals surface area contributed by atoms with Gasteiger partial charge in [0.05, 0.1) is 0 Å². The molecule has 1 aliphatic rings. The molecular weight excluding hydrogens is 372 g/mol. The number of carbonyl (C=O) groups is 2. The molecule has 2 N–H and O–H groups in total. The molecule has 1 heterocycles. The van der Waals surface area contributed by atoms with Crippen molar-refractivity contribution < 1.29 is 9.59 Å². The molecule has 1 fully saturated rings. The van der Waals surface area contributed by atoms with Gasteiger partial charge in [-0.1, -0.05) is 38.1 Å². The van der Waals surface area contributed by atoms with Crippen LogP contribution in [-0.4, -0.2) is 29.7 Å². The second-order valence-corrected chi connectivity index (χ2v) is 7.85. The van der Waals surface area contributed by atoms with Gasteiger partial charge in [-0.25, -0.2) is 0 Å². The Bertz CT molecular complexity index is 792. The molecule has 1 amide bonds. The molecule has 2 aromatic carbocycles. The standard InChI is InChI=1S/C23H28N2O2.ClH/c1-16(2)15-17-3-5-18(6-4-17)22(26)19-11-13-25(14-12-19)23(27)20-7-9-21(24)10-8-20;/h3-10,16,19H,11-15,24H2,1-2H3;1H. The fraction of sp³-hybridized carbons (Fsp3) is 0.391. The lowest BCUT2D eigenvalue weighted by Gasteiger charge is -2.31. The summed E-state index contributed by atoms with van der Waals surface area (Å²) < 4.78 is 0. The van der Waals surface area contributed by atoms with Gasteiger partial charge in [-0.15, -0.1) is 12.4 Å². The number of nitrogens with two attached hydrogens (primary N) is 1. The van der Waals surface area contributed by atoms with Crippen molar-refractivity contribution in [3.8, 4) is 0 Å². The van der Waals surface area contributed by atoms with Crippen molar-refractivity contribution >= 4 is 29.8 Å². The Morgan fingerprint density at radius 2 is 1.50 bits per heavy atom. The van der Waals surface area contributed by atoms with E-state index in [-0.39, 0.29) is 30.0 Å². The number of rotatable bonds is 5. The van der Waals surface area contributed by atoms with E-state index < -0.39 is 0 Å². The SMILES string of the molecule is CC(C)Cc1ccc(C(=O)C2CCN(C(=O)c3ccc(N)cc3)CC2)cc1.Cl. The maximum atomic E-state index is 12.8. The molecule has 5 heteroatoms. The number of halogens is 1. The Kier molecular flexibility index (Phi) is 7.64. The van der Waals surface area contributed by atoms with Gasteiger partial charge >= 0.3 is 0 Å². The molecule has 0 aliphatic carbocycles. The van der Waals surface area contributed by atoms with Crippen molar-refractivity contribution in [2.45, 2.75) is 33.1 Å². The summed E-state index contributed by atoms with van der Waals surface area (Å²) in [6.45, 7) is 5.62. The van der Waals surface area contributed by atoms with Gasteiger partial charge in [0.25, 0.3) is 5.91 Å². The number of hydrogen-bond acceptors (Lipinski definition) is 3. The first kappa shape index (κ1) is 22.0. The van der Waals surface area contributed by atoms with Crippen LogP contribution in [0.3, 0.4) is 0 Å². The number of hydrogen-bond donors (Lipinski definition) is 1. The monoisotopic (exact) mass is 400 g/mol. The van der Waals surface area contributed by atoms with Crippen LogP contribution in [0.25, 0.3) is 0 Å². The highest BCUT2D eigenvalue weighted by molar-refractivity contribution is 5.98. The van der Waals surface area contributed by atoms with Crippen LogP contribution in [0.4, 0.5) is 5.69 Å². The second kappa shape index (κ2) is 9.74. The molecule has 0 saturated carbocycles. The smallest absolute Gasteiger partial charge is 0.253 e. The first-order valence-electron chi connectivity index (χ1n) is 9.72. The van der Waals surface area contributed by atoms with Crippen LogP contribution in [0.2, 0.25) is 0 Å². The van der Waals surface area contributed by atoms with E-state index in [1.807, 2.05) is 17.0 Å². The average Bonchev–Trinajstić information content (AvgIpc) is 2.68. The number of anilines is 1. The molecule has 3 rings (SSSR count). The van der Waals surface area contributed by atoms with E-state index in [0.717, 1.165) is 12.0 Å². The van der Waals surface area contributed by atoms with Crippen molar-refractivity contribution in [3.63, 3.8) is 0 Å².